The Bertz CT molecular complexity index is 349. The number of aldehydes is 1. The van der Waals surface area contributed by atoms with E-state index in [0.717, 1.165) is 11.8 Å². The molecule has 0 aliphatic rings. The second-order valence-electron chi connectivity index (χ2n) is 3.58. The normalized spacial score (nSPS) is 12.2. The summed E-state index contributed by atoms with van der Waals surface area (Å²) in [7, 11) is 1.51. The molecule has 0 saturated heterocycles. The highest BCUT2D eigenvalue weighted by atomic mass is 16.5. The third kappa shape index (κ3) is 3.64. The van der Waals surface area contributed by atoms with Crippen molar-refractivity contribution in [2.75, 3.05) is 20.3 Å². The summed E-state index contributed by atoms with van der Waals surface area (Å²) in [5.41, 5.74) is 1.48. The van der Waals surface area contributed by atoms with Gasteiger partial charge in [-0.3, -0.25) is 4.79 Å². The molecule has 0 amide bonds. The summed E-state index contributed by atoms with van der Waals surface area (Å²) in [6.07, 6.45) is 0.0520. The summed E-state index contributed by atoms with van der Waals surface area (Å²) >= 11 is 0. The van der Waals surface area contributed by atoms with Crippen molar-refractivity contribution >= 4 is 6.29 Å². The van der Waals surface area contributed by atoms with Gasteiger partial charge in [-0.25, -0.2) is 0 Å². The predicted molar refractivity (Wildman–Crippen MR) is 59.9 cm³/mol. The van der Waals surface area contributed by atoms with Crippen LogP contribution in [0.15, 0.2) is 18.2 Å². The number of aryl methyl sites for hydroxylation is 1. The number of hydrogen-bond donors (Lipinski definition) is 1. The Morgan fingerprint density at radius 1 is 1.44 bits per heavy atom. The maximum absolute atomic E-state index is 10.8. The first kappa shape index (κ1) is 12.7. The van der Waals surface area contributed by atoms with Gasteiger partial charge in [0.05, 0.1) is 12.2 Å². The fraction of sp³-hybridized carbons (Fsp3) is 0.417. The molecule has 0 heterocycles. The average Bonchev–Trinajstić information content (AvgIpc) is 2.27. The van der Waals surface area contributed by atoms with Crippen LogP contribution in [0.4, 0.5) is 0 Å². The van der Waals surface area contributed by atoms with Gasteiger partial charge in [0.15, 0.2) is 6.29 Å². The lowest BCUT2D eigenvalue weighted by Gasteiger charge is -2.12. The van der Waals surface area contributed by atoms with Crippen molar-refractivity contribution in [3.63, 3.8) is 0 Å². The smallest absolute Gasteiger partial charge is 0.153 e. The van der Waals surface area contributed by atoms with E-state index < -0.39 is 6.10 Å². The molecule has 1 aromatic carbocycles. The van der Waals surface area contributed by atoms with Gasteiger partial charge in [0.25, 0.3) is 0 Å². The first-order chi connectivity index (χ1) is 7.67. The lowest BCUT2D eigenvalue weighted by molar-refractivity contribution is 0.0323. The zero-order valence-electron chi connectivity index (χ0n) is 9.47. The second-order valence-corrected chi connectivity index (χ2v) is 3.58. The van der Waals surface area contributed by atoms with Crippen LogP contribution in [0.3, 0.4) is 0 Å². The molecule has 1 rings (SSSR count). The summed E-state index contributed by atoms with van der Waals surface area (Å²) in [6.45, 7) is 2.22. The molecule has 4 heteroatoms. The van der Waals surface area contributed by atoms with E-state index >= 15 is 0 Å². The number of rotatable bonds is 6. The largest absolute Gasteiger partial charge is 0.490 e. The van der Waals surface area contributed by atoms with Gasteiger partial charge in [-0.15, -0.1) is 0 Å². The van der Waals surface area contributed by atoms with Crippen LogP contribution >= 0.6 is 0 Å². The molecule has 1 atom stereocenters. The Hall–Kier alpha value is -1.39. The van der Waals surface area contributed by atoms with Gasteiger partial charge in [0, 0.05) is 7.11 Å². The van der Waals surface area contributed by atoms with E-state index in [4.69, 9.17) is 9.47 Å². The van der Waals surface area contributed by atoms with Crippen molar-refractivity contribution in [3.8, 4) is 5.75 Å². The first-order valence-corrected chi connectivity index (χ1v) is 5.03. The van der Waals surface area contributed by atoms with Crippen LogP contribution in [0.2, 0.25) is 0 Å². The van der Waals surface area contributed by atoms with E-state index in [9.17, 15) is 9.90 Å². The van der Waals surface area contributed by atoms with Crippen LogP contribution in [0.5, 0.6) is 5.75 Å². The number of carbonyl (C=O) groups excluding carboxylic acids is 1. The molecule has 4 nitrogen and oxygen atoms in total. The molecule has 88 valence electrons. The minimum atomic E-state index is -0.689. The van der Waals surface area contributed by atoms with Crippen molar-refractivity contribution in [1.29, 1.82) is 0 Å². The molecule has 0 radical (unpaired) electrons. The number of ether oxygens (including phenoxy) is 2. The number of carbonyl (C=O) groups is 1. The summed E-state index contributed by atoms with van der Waals surface area (Å²) in [5, 5.41) is 9.39. The topological polar surface area (TPSA) is 55.8 Å². The molecule has 1 unspecified atom stereocenters. The molecule has 0 aliphatic carbocycles. The van der Waals surface area contributed by atoms with Gasteiger partial charge in [0.2, 0.25) is 0 Å². The van der Waals surface area contributed by atoms with E-state index in [2.05, 4.69) is 0 Å². The monoisotopic (exact) mass is 224 g/mol. The van der Waals surface area contributed by atoms with Crippen molar-refractivity contribution in [2.45, 2.75) is 13.0 Å². The van der Waals surface area contributed by atoms with E-state index in [1.54, 1.807) is 12.1 Å². The van der Waals surface area contributed by atoms with Crippen molar-refractivity contribution in [2.24, 2.45) is 0 Å². The predicted octanol–water partition coefficient (Wildman–Crippen LogP) is 1.19. The van der Waals surface area contributed by atoms with Gasteiger partial charge in [0.1, 0.15) is 18.5 Å². The summed E-state index contributed by atoms with van der Waals surface area (Å²) in [5.74, 6) is 0.482. The molecule has 0 saturated carbocycles. The number of hydrogen-bond acceptors (Lipinski definition) is 4. The lowest BCUT2D eigenvalue weighted by atomic mass is 10.1. The quantitative estimate of drug-likeness (QED) is 0.737. The van der Waals surface area contributed by atoms with Crippen LogP contribution in [0.25, 0.3) is 0 Å². The van der Waals surface area contributed by atoms with E-state index in [-0.39, 0.29) is 13.2 Å². The van der Waals surface area contributed by atoms with Crippen LogP contribution in [0, 0.1) is 6.92 Å². The first-order valence-electron chi connectivity index (χ1n) is 5.03. The van der Waals surface area contributed by atoms with Crippen LogP contribution in [-0.2, 0) is 4.74 Å². The van der Waals surface area contributed by atoms with Crippen molar-refractivity contribution in [3.05, 3.63) is 29.3 Å². The van der Waals surface area contributed by atoms with Gasteiger partial charge < -0.3 is 14.6 Å². The molecule has 16 heavy (non-hydrogen) atoms. The summed E-state index contributed by atoms with van der Waals surface area (Å²) in [6, 6.07) is 5.31. The second kappa shape index (κ2) is 6.25. The van der Waals surface area contributed by atoms with Crippen molar-refractivity contribution < 1.29 is 19.4 Å². The fourth-order valence-electron chi connectivity index (χ4n) is 1.32. The summed E-state index contributed by atoms with van der Waals surface area (Å²) in [4.78, 5) is 10.8. The molecular weight excluding hydrogens is 208 g/mol. The van der Waals surface area contributed by atoms with Crippen LogP contribution in [0.1, 0.15) is 15.9 Å². The Morgan fingerprint density at radius 2 is 2.19 bits per heavy atom. The Balaban J connectivity index is 2.62. The Morgan fingerprint density at radius 3 is 2.81 bits per heavy atom. The minimum Gasteiger partial charge on any atom is -0.490 e. The Kier molecular flexibility index (Phi) is 4.95. The number of aliphatic hydroxyl groups is 1. The third-order valence-electron chi connectivity index (χ3n) is 2.08. The fourth-order valence-corrected chi connectivity index (χ4v) is 1.32. The molecule has 1 N–H and O–H groups in total. The highest BCUT2D eigenvalue weighted by Gasteiger charge is 2.07. The van der Waals surface area contributed by atoms with Gasteiger partial charge >= 0.3 is 0 Å². The molecular formula is C12H16O4. The molecule has 1 aromatic rings. The van der Waals surface area contributed by atoms with Crippen molar-refractivity contribution in [1.82, 2.24) is 0 Å². The highest BCUT2D eigenvalue weighted by Crippen LogP contribution is 2.18. The van der Waals surface area contributed by atoms with Gasteiger partial charge in [-0.1, -0.05) is 11.6 Å². The van der Waals surface area contributed by atoms with Crippen LogP contribution < -0.4 is 4.74 Å². The standard InChI is InChI=1S/C12H16O4/c1-9-3-4-12(10(5-9)6-13)16-8-11(14)7-15-2/h3-6,11,14H,7-8H2,1-2H3. The molecule has 0 fully saturated rings. The molecule has 0 spiro atoms. The van der Waals surface area contributed by atoms with Crippen LogP contribution in [-0.4, -0.2) is 37.8 Å². The van der Waals surface area contributed by atoms with E-state index in [0.29, 0.717) is 11.3 Å². The summed E-state index contributed by atoms with van der Waals surface area (Å²) < 4.78 is 10.1. The highest BCUT2D eigenvalue weighted by molar-refractivity contribution is 5.79. The number of benzene rings is 1. The lowest BCUT2D eigenvalue weighted by Crippen LogP contribution is -2.22. The zero-order chi connectivity index (χ0) is 12.0. The number of methoxy groups -OCH3 is 1. The molecule has 0 aliphatic heterocycles. The van der Waals surface area contributed by atoms with Gasteiger partial charge in [-0.05, 0) is 19.1 Å². The minimum absolute atomic E-state index is 0.109. The molecule has 0 aromatic heterocycles. The third-order valence-corrected chi connectivity index (χ3v) is 2.08. The van der Waals surface area contributed by atoms with Gasteiger partial charge in [-0.2, -0.15) is 0 Å². The maximum atomic E-state index is 10.8. The Labute approximate surface area is 94.8 Å². The SMILES string of the molecule is COCC(O)COc1ccc(C)cc1C=O. The molecule has 0 bridgehead atoms. The maximum Gasteiger partial charge on any atom is 0.153 e. The van der Waals surface area contributed by atoms with E-state index in [1.165, 1.54) is 7.11 Å². The van der Waals surface area contributed by atoms with E-state index in [1.807, 2.05) is 13.0 Å². The average molecular weight is 224 g/mol. The zero-order valence-corrected chi connectivity index (χ0v) is 9.47. The number of aliphatic hydroxyl groups excluding tert-OH is 1.